The molecule has 37 heavy (non-hydrogen) atoms. The van der Waals surface area contributed by atoms with Crippen molar-refractivity contribution >= 4 is 27.5 Å². The van der Waals surface area contributed by atoms with Crippen LogP contribution in [0.25, 0.3) is 10.2 Å². The zero-order valence-electron chi connectivity index (χ0n) is 19.1. The number of fused-ring (bicyclic) bond motifs is 2. The normalized spacial score (nSPS) is 18.8. The van der Waals surface area contributed by atoms with E-state index in [-0.39, 0.29) is 44.0 Å². The molecule has 1 aromatic carbocycles. The lowest BCUT2D eigenvalue weighted by Gasteiger charge is -2.33. The number of thiazole rings is 1. The fourth-order valence-electron chi connectivity index (χ4n) is 4.68. The summed E-state index contributed by atoms with van der Waals surface area (Å²) in [5.74, 6) is -2.74. The van der Waals surface area contributed by atoms with Gasteiger partial charge in [-0.1, -0.05) is 6.07 Å². The number of benzene rings is 1. The number of likely N-dealkylation sites (tertiary alicyclic amines) is 1. The summed E-state index contributed by atoms with van der Waals surface area (Å²) in [6.07, 6.45) is -4.14. The maximum absolute atomic E-state index is 14.4. The van der Waals surface area contributed by atoms with Crippen LogP contribution in [-0.4, -0.2) is 68.0 Å². The van der Waals surface area contributed by atoms with E-state index >= 15 is 0 Å². The first-order valence-corrected chi connectivity index (χ1v) is 12.3. The molecule has 2 aliphatic rings. The molecule has 2 aliphatic heterocycles. The van der Waals surface area contributed by atoms with Gasteiger partial charge in [0.05, 0.1) is 16.7 Å². The number of rotatable bonds is 5. The minimum absolute atomic E-state index is 0.00678. The third kappa shape index (κ3) is 4.27. The van der Waals surface area contributed by atoms with E-state index in [0.717, 1.165) is 11.3 Å². The number of nitrogens with one attached hydrogen (secondary N) is 1. The topological polar surface area (TPSA) is 91.2 Å². The number of aromatic amines is 1. The van der Waals surface area contributed by atoms with Crippen molar-refractivity contribution < 1.29 is 31.2 Å². The molecular formula is C23H19F5N6O2S. The molecule has 14 heteroatoms. The molecule has 194 valence electrons. The van der Waals surface area contributed by atoms with Gasteiger partial charge < -0.3 is 14.3 Å². The van der Waals surface area contributed by atoms with E-state index in [1.807, 2.05) is 0 Å². The van der Waals surface area contributed by atoms with Crippen LogP contribution in [0, 0.1) is 5.82 Å². The Morgan fingerprint density at radius 3 is 2.78 bits per heavy atom. The number of carbonyl (C=O) groups excluding carboxylic acids is 1. The number of hydrogen-bond acceptors (Lipinski definition) is 7. The molecule has 1 N–H and O–H groups in total. The first-order valence-electron chi connectivity index (χ1n) is 11.5. The van der Waals surface area contributed by atoms with Crippen molar-refractivity contribution in [3.63, 3.8) is 0 Å². The molecule has 6 rings (SSSR count). The highest BCUT2D eigenvalue weighted by Crippen LogP contribution is 2.40. The molecule has 0 saturated carbocycles. The second-order valence-corrected chi connectivity index (χ2v) is 10.0. The number of oxazole rings is 1. The van der Waals surface area contributed by atoms with Gasteiger partial charge in [0.15, 0.2) is 11.6 Å². The van der Waals surface area contributed by atoms with Gasteiger partial charge in [0.2, 0.25) is 5.76 Å². The van der Waals surface area contributed by atoms with Gasteiger partial charge in [0, 0.05) is 44.7 Å². The zero-order valence-corrected chi connectivity index (χ0v) is 19.9. The average molecular weight is 539 g/mol. The molecule has 0 radical (unpaired) electrons. The summed E-state index contributed by atoms with van der Waals surface area (Å²) >= 11 is 1.13. The summed E-state index contributed by atoms with van der Waals surface area (Å²) in [6.45, 7) is 0.702. The maximum Gasteiger partial charge on any atom is 0.437 e. The second kappa shape index (κ2) is 8.87. The van der Waals surface area contributed by atoms with Crippen LogP contribution in [0.4, 0.5) is 22.0 Å². The van der Waals surface area contributed by atoms with Gasteiger partial charge in [-0.15, -0.1) is 11.3 Å². The highest BCUT2D eigenvalue weighted by Gasteiger charge is 2.45. The molecule has 1 fully saturated rings. The summed E-state index contributed by atoms with van der Waals surface area (Å²) in [6, 6.07) is 3.52. The Balaban J connectivity index is 1.37. The van der Waals surface area contributed by atoms with Crippen molar-refractivity contribution in [2.24, 2.45) is 0 Å². The molecule has 4 aromatic rings. The molecule has 1 amide bonds. The zero-order chi connectivity index (χ0) is 25.9. The van der Waals surface area contributed by atoms with Crippen molar-refractivity contribution in [2.45, 2.75) is 31.2 Å². The first-order chi connectivity index (χ1) is 17.7. The molecular weight excluding hydrogens is 519 g/mol. The molecule has 1 saturated heterocycles. The Bertz CT molecular complexity index is 1470. The van der Waals surface area contributed by atoms with E-state index in [0.29, 0.717) is 27.5 Å². The predicted octanol–water partition coefficient (Wildman–Crippen LogP) is 4.15. The average Bonchev–Trinajstić information content (AvgIpc) is 3.57. The minimum Gasteiger partial charge on any atom is -0.435 e. The number of imidazole rings is 1. The smallest absolute Gasteiger partial charge is 0.435 e. The largest absolute Gasteiger partial charge is 0.437 e. The maximum atomic E-state index is 14.4. The number of aromatic nitrogens is 4. The standard InChI is InChI=1S/C23H19F5N6O2S/c24-11-8-33(9-11)6-5-15-31-20(23(26,27)28)19(36-15)22(35)34-7-4-13-17(30-10-29-13)18(34)21-32-16-12(25)2-1-3-14(16)37-21/h1-3,10-11,18H,4-9H2,(H,29,30)/t18-/m0/s1. The number of alkyl halides is 4. The molecule has 0 aliphatic carbocycles. The van der Waals surface area contributed by atoms with Crippen molar-refractivity contribution in [2.75, 3.05) is 26.2 Å². The Morgan fingerprint density at radius 2 is 2.05 bits per heavy atom. The Kier molecular flexibility index (Phi) is 5.75. The molecule has 0 bridgehead atoms. The van der Waals surface area contributed by atoms with Crippen molar-refractivity contribution in [1.29, 1.82) is 0 Å². The number of hydrogen-bond donors (Lipinski definition) is 1. The number of nitrogens with zero attached hydrogens (tertiary/aromatic N) is 5. The highest BCUT2D eigenvalue weighted by molar-refractivity contribution is 7.18. The fraction of sp³-hybridized carbons (Fsp3) is 0.391. The highest BCUT2D eigenvalue weighted by atomic mass is 32.1. The van der Waals surface area contributed by atoms with Gasteiger partial charge in [0.25, 0.3) is 5.91 Å². The molecule has 0 unspecified atom stereocenters. The number of amides is 1. The summed E-state index contributed by atoms with van der Waals surface area (Å²) in [4.78, 5) is 31.8. The second-order valence-electron chi connectivity index (χ2n) is 8.95. The van der Waals surface area contributed by atoms with E-state index in [2.05, 4.69) is 19.9 Å². The van der Waals surface area contributed by atoms with Crippen LogP contribution < -0.4 is 0 Å². The Labute approximate surface area is 210 Å². The molecule has 3 aromatic heterocycles. The summed E-state index contributed by atoms with van der Waals surface area (Å²) in [5, 5.41) is 0.313. The van der Waals surface area contributed by atoms with Gasteiger partial charge in [-0.05, 0) is 12.1 Å². The van der Waals surface area contributed by atoms with Crippen molar-refractivity contribution in [3.8, 4) is 0 Å². The molecule has 0 spiro atoms. The number of H-pyrrole nitrogens is 1. The van der Waals surface area contributed by atoms with Gasteiger partial charge in [-0.25, -0.2) is 23.7 Å². The van der Waals surface area contributed by atoms with Crippen LogP contribution in [0.15, 0.2) is 28.9 Å². The SMILES string of the molecule is O=C(c1oc(CCN2CC(F)C2)nc1C(F)(F)F)N1CCc2[nH]cnc2[C@H]1c1nc2c(F)cccc2s1. The predicted molar refractivity (Wildman–Crippen MR) is 121 cm³/mol. The number of halogens is 5. The van der Waals surface area contributed by atoms with Crippen LogP contribution in [-0.2, 0) is 19.0 Å². The summed E-state index contributed by atoms with van der Waals surface area (Å²) in [7, 11) is 0. The number of para-hydroxylation sites is 1. The molecule has 8 nitrogen and oxygen atoms in total. The monoisotopic (exact) mass is 538 g/mol. The van der Waals surface area contributed by atoms with E-state index in [4.69, 9.17) is 4.42 Å². The van der Waals surface area contributed by atoms with Crippen LogP contribution in [0.5, 0.6) is 0 Å². The third-order valence-electron chi connectivity index (χ3n) is 6.49. The fourth-order valence-corrected chi connectivity index (χ4v) is 5.78. The quantitative estimate of drug-likeness (QED) is 0.384. The van der Waals surface area contributed by atoms with E-state index < -0.39 is 41.6 Å². The van der Waals surface area contributed by atoms with E-state index in [1.165, 1.54) is 23.4 Å². The lowest BCUT2D eigenvalue weighted by molar-refractivity contribution is -0.141. The van der Waals surface area contributed by atoms with E-state index in [1.54, 1.807) is 11.0 Å². The summed E-state index contributed by atoms with van der Waals surface area (Å²) in [5.41, 5.74) is -0.173. The van der Waals surface area contributed by atoms with Crippen LogP contribution in [0.2, 0.25) is 0 Å². The minimum atomic E-state index is -4.94. The van der Waals surface area contributed by atoms with Crippen molar-refractivity contribution in [3.05, 3.63) is 64.1 Å². The van der Waals surface area contributed by atoms with Crippen LogP contribution in [0.1, 0.15) is 44.6 Å². The van der Waals surface area contributed by atoms with Gasteiger partial charge in [0.1, 0.15) is 28.6 Å². The molecule has 5 heterocycles. The Hall–Kier alpha value is -3.39. The van der Waals surface area contributed by atoms with Crippen LogP contribution >= 0.6 is 11.3 Å². The van der Waals surface area contributed by atoms with Gasteiger partial charge in [-0.3, -0.25) is 9.69 Å². The first kappa shape index (κ1) is 24.0. The lowest BCUT2D eigenvalue weighted by atomic mass is 10.0. The Morgan fingerprint density at radius 1 is 1.24 bits per heavy atom. The van der Waals surface area contributed by atoms with Crippen molar-refractivity contribution in [1.82, 2.24) is 29.7 Å². The van der Waals surface area contributed by atoms with E-state index in [9.17, 15) is 26.7 Å². The summed E-state index contributed by atoms with van der Waals surface area (Å²) < 4.78 is 75.0. The molecule has 1 atom stereocenters. The lowest BCUT2D eigenvalue weighted by Crippen LogP contribution is -2.48. The third-order valence-corrected chi connectivity index (χ3v) is 7.57. The number of carbonyl (C=O) groups is 1. The van der Waals surface area contributed by atoms with Gasteiger partial charge in [-0.2, -0.15) is 13.2 Å². The van der Waals surface area contributed by atoms with Crippen LogP contribution in [0.3, 0.4) is 0 Å². The van der Waals surface area contributed by atoms with Gasteiger partial charge >= 0.3 is 6.18 Å².